The molecule has 1 saturated carbocycles. The predicted octanol–water partition coefficient (Wildman–Crippen LogP) is 4.10. The molecule has 4 N–H and O–H groups in total. The molecule has 176 valence electrons. The largest absolute Gasteiger partial charge is 0.384 e. The first-order valence-electron chi connectivity index (χ1n) is 11.9. The number of aryl methyl sites for hydroxylation is 1. The topological polar surface area (TPSA) is 114 Å². The van der Waals surface area contributed by atoms with E-state index in [0.717, 1.165) is 34.8 Å². The number of nitrogens with zero attached hydrogens (tertiary/aromatic N) is 4. The van der Waals surface area contributed by atoms with Crippen LogP contribution in [-0.4, -0.2) is 37.5 Å². The third kappa shape index (κ3) is 3.40. The Balaban J connectivity index is 1.31. The molecular formula is C26H30N6O2. The molecule has 1 aromatic carbocycles. The molecule has 1 saturated heterocycles. The van der Waals surface area contributed by atoms with Crippen molar-refractivity contribution in [2.75, 3.05) is 11.5 Å². The number of pyridine rings is 1. The van der Waals surface area contributed by atoms with Crippen LogP contribution in [0.5, 0.6) is 0 Å². The second-order valence-electron chi connectivity index (χ2n) is 10.1. The van der Waals surface area contributed by atoms with Crippen LogP contribution in [0.15, 0.2) is 48.9 Å². The molecule has 0 spiro atoms. The lowest BCUT2D eigenvalue weighted by molar-refractivity contribution is -0.165. The van der Waals surface area contributed by atoms with E-state index in [-0.39, 0.29) is 18.2 Å². The van der Waals surface area contributed by atoms with Crippen molar-refractivity contribution in [1.82, 2.24) is 19.5 Å². The van der Waals surface area contributed by atoms with Gasteiger partial charge < -0.3 is 25.5 Å². The van der Waals surface area contributed by atoms with Crippen molar-refractivity contribution in [2.45, 2.75) is 57.6 Å². The summed E-state index contributed by atoms with van der Waals surface area (Å²) in [4.78, 5) is 13.2. The monoisotopic (exact) mass is 458 g/mol. The van der Waals surface area contributed by atoms with Gasteiger partial charge >= 0.3 is 0 Å². The number of hydrogen-bond donors (Lipinski definition) is 2. The van der Waals surface area contributed by atoms with Gasteiger partial charge in [-0.1, -0.05) is 19.1 Å². The van der Waals surface area contributed by atoms with Crippen molar-refractivity contribution in [3.8, 4) is 0 Å². The third-order valence-electron chi connectivity index (χ3n) is 7.54. The summed E-state index contributed by atoms with van der Waals surface area (Å²) in [6, 6.07) is 12.4. The van der Waals surface area contributed by atoms with Gasteiger partial charge in [0.15, 0.2) is 5.79 Å². The zero-order valence-electron chi connectivity index (χ0n) is 19.7. The number of hydrogen-bond acceptors (Lipinski definition) is 7. The number of ether oxygens (including phenoxy) is 2. The summed E-state index contributed by atoms with van der Waals surface area (Å²) in [5, 5.41) is 1.97. The number of nitrogen functional groups attached to an aromatic ring is 2. The normalized spacial score (nSPS) is 28.0. The molecule has 8 heteroatoms. The van der Waals surface area contributed by atoms with Crippen LogP contribution in [-0.2, 0) is 15.9 Å². The van der Waals surface area contributed by atoms with Gasteiger partial charge in [0, 0.05) is 11.6 Å². The summed E-state index contributed by atoms with van der Waals surface area (Å²) in [5.74, 6) is 1.08. The second kappa shape index (κ2) is 7.65. The summed E-state index contributed by atoms with van der Waals surface area (Å²) >= 11 is 0. The first-order chi connectivity index (χ1) is 16.3. The Hall–Kier alpha value is -3.23. The molecule has 0 radical (unpaired) electrons. The fraction of sp³-hybridized carbons (Fsp3) is 0.423. The SMILES string of the molecule is C[C@@H]1[C@H](CCc2ccc3ccc(N)nc3c2)[C@H]2OC(C)(C)O[C@H]2[C@@H]1n1ccc2c(N)ncnc21. The molecule has 6 rings (SSSR count). The molecule has 0 amide bonds. The Labute approximate surface area is 198 Å². The summed E-state index contributed by atoms with van der Waals surface area (Å²) in [7, 11) is 0. The maximum atomic E-state index is 6.47. The van der Waals surface area contributed by atoms with Crippen LogP contribution in [0.4, 0.5) is 11.6 Å². The number of fused-ring (bicyclic) bond motifs is 3. The van der Waals surface area contributed by atoms with Crippen LogP contribution in [0, 0.1) is 11.8 Å². The average Bonchev–Trinajstić information content (AvgIpc) is 3.42. The lowest BCUT2D eigenvalue weighted by Crippen LogP contribution is -2.30. The van der Waals surface area contributed by atoms with Crippen LogP contribution in [0.3, 0.4) is 0 Å². The lowest BCUT2D eigenvalue weighted by atomic mass is 9.88. The van der Waals surface area contributed by atoms with Crippen LogP contribution < -0.4 is 11.5 Å². The van der Waals surface area contributed by atoms with Gasteiger partial charge in [-0.15, -0.1) is 0 Å². The van der Waals surface area contributed by atoms with E-state index in [1.54, 1.807) is 0 Å². The van der Waals surface area contributed by atoms with E-state index in [4.69, 9.17) is 20.9 Å². The fourth-order valence-electron chi connectivity index (χ4n) is 6.00. The van der Waals surface area contributed by atoms with Gasteiger partial charge in [0.05, 0.1) is 23.0 Å². The van der Waals surface area contributed by atoms with Gasteiger partial charge in [0.2, 0.25) is 0 Å². The minimum atomic E-state index is -0.618. The smallest absolute Gasteiger partial charge is 0.163 e. The molecule has 0 bridgehead atoms. The van der Waals surface area contributed by atoms with E-state index in [9.17, 15) is 0 Å². The molecule has 5 atom stereocenters. The molecule has 2 fully saturated rings. The average molecular weight is 459 g/mol. The highest BCUT2D eigenvalue weighted by Crippen LogP contribution is 2.52. The molecule has 4 heterocycles. The molecule has 4 aromatic rings. The zero-order valence-corrected chi connectivity index (χ0v) is 19.7. The first kappa shape index (κ1) is 21.3. The number of benzene rings is 1. The number of aromatic nitrogens is 4. The van der Waals surface area contributed by atoms with Crippen molar-refractivity contribution in [3.63, 3.8) is 0 Å². The van der Waals surface area contributed by atoms with Crippen molar-refractivity contribution < 1.29 is 9.47 Å². The van der Waals surface area contributed by atoms with Gasteiger partial charge in [-0.3, -0.25) is 0 Å². The Bertz CT molecular complexity index is 1380. The van der Waals surface area contributed by atoms with E-state index in [2.05, 4.69) is 50.8 Å². The fourth-order valence-corrected chi connectivity index (χ4v) is 6.00. The van der Waals surface area contributed by atoms with Crippen molar-refractivity contribution >= 4 is 33.6 Å². The van der Waals surface area contributed by atoms with Crippen molar-refractivity contribution in [1.29, 1.82) is 0 Å². The number of anilines is 2. The van der Waals surface area contributed by atoms with Crippen LogP contribution in [0.2, 0.25) is 0 Å². The quantitative estimate of drug-likeness (QED) is 0.473. The van der Waals surface area contributed by atoms with Gasteiger partial charge in [-0.25, -0.2) is 15.0 Å². The zero-order chi connectivity index (χ0) is 23.6. The predicted molar refractivity (Wildman–Crippen MR) is 132 cm³/mol. The summed E-state index contributed by atoms with van der Waals surface area (Å²) < 4.78 is 15.2. The third-order valence-corrected chi connectivity index (χ3v) is 7.54. The van der Waals surface area contributed by atoms with Crippen LogP contribution in [0.25, 0.3) is 21.9 Å². The second-order valence-corrected chi connectivity index (χ2v) is 10.1. The van der Waals surface area contributed by atoms with E-state index >= 15 is 0 Å². The minimum Gasteiger partial charge on any atom is -0.384 e. The van der Waals surface area contributed by atoms with Crippen LogP contribution in [0.1, 0.15) is 38.8 Å². The Morgan fingerprint density at radius 1 is 1.03 bits per heavy atom. The highest BCUT2D eigenvalue weighted by molar-refractivity contribution is 5.86. The van der Waals surface area contributed by atoms with Gasteiger partial charge in [-0.2, -0.15) is 0 Å². The highest BCUT2D eigenvalue weighted by Gasteiger charge is 2.57. The summed E-state index contributed by atoms with van der Waals surface area (Å²) in [6.07, 6.45) is 5.47. The molecule has 34 heavy (non-hydrogen) atoms. The maximum absolute atomic E-state index is 6.47. The number of rotatable bonds is 4. The Kier molecular flexibility index (Phi) is 4.79. The first-order valence-corrected chi connectivity index (χ1v) is 11.9. The molecule has 3 aromatic heterocycles. The molecule has 0 unspecified atom stereocenters. The Morgan fingerprint density at radius 2 is 1.82 bits per heavy atom. The van der Waals surface area contributed by atoms with Gasteiger partial charge in [0.25, 0.3) is 0 Å². The van der Waals surface area contributed by atoms with Crippen LogP contribution >= 0.6 is 0 Å². The van der Waals surface area contributed by atoms with Crippen molar-refractivity contribution in [3.05, 3.63) is 54.5 Å². The van der Waals surface area contributed by atoms with E-state index in [1.807, 2.05) is 32.0 Å². The lowest BCUT2D eigenvalue weighted by Gasteiger charge is -2.29. The molecule has 8 nitrogen and oxygen atoms in total. The Morgan fingerprint density at radius 3 is 2.68 bits per heavy atom. The molecule has 2 aliphatic rings. The highest BCUT2D eigenvalue weighted by atomic mass is 16.8. The summed E-state index contributed by atoms with van der Waals surface area (Å²) in [5.41, 5.74) is 15.0. The minimum absolute atomic E-state index is 0.0147. The molecule has 1 aliphatic heterocycles. The molecule has 1 aliphatic carbocycles. The number of nitrogens with two attached hydrogens (primary N) is 2. The van der Waals surface area contributed by atoms with Gasteiger partial charge in [-0.05, 0) is 68.4 Å². The van der Waals surface area contributed by atoms with E-state index in [1.165, 1.54) is 11.9 Å². The maximum Gasteiger partial charge on any atom is 0.163 e. The van der Waals surface area contributed by atoms with Crippen molar-refractivity contribution in [2.24, 2.45) is 11.8 Å². The summed E-state index contributed by atoms with van der Waals surface area (Å²) in [6.45, 7) is 6.29. The van der Waals surface area contributed by atoms with Gasteiger partial charge in [0.1, 0.15) is 29.7 Å². The standard InChI is InChI=1S/C26H30N6O2/c1-14-17(8-5-15-4-6-16-7-9-20(27)31-19(16)12-15)22-23(34-26(2,3)33-22)21(14)32-11-10-18-24(28)29-13-30-25(18)32/h4,6-7,9-14,17,21-23H,5,8H2,1-3H3,(H2,27,31)(H2,28,29,30)/t14-,17+,21-,22-,23+/m1/s1. The van der Waals surface area contributed by atoms with E-state index in [0.29, 0.717) is 23.5 Å². The van der Waals surface area contributed by atoms with E-state index < -0.39 is 5.79 Å². The molecular weight excluding hydrogens is 428 g/mol.